The van der Waals surface area contributed by atoms with Crippen LogP contribution in [0, 0.1) is 0 Å². The van der Waals surface area contributed by atoms with Crippen molar-refractivity contribution in [2.45, 2.75) is 30.9 Å². The van der Waals surface area contributed by atoms with Gasteiger partial charge in [-0.25, -0.2) is 0 Å². The standard InChI is InChI=1S/C28H27Cl2F3N2O/c29-23-16-21(17-24(30)18-23)26(36)34-19-27(22-7-2-1-3-8-22)11-14-35(15-12-27)13-10-20-6-4-5-9-25(20)28(31,32)33/h1-9,16-18H,10-15,19H2,(H,34,36). The number of rotatable bonds is 7. The molecule has 1 amide bonds. The van der Waals surface area contributed by atoms with Crippen LogP contribution in [0.25, 0.3) is 0 Å². The van der Waals surface area contributed by atoms with Crippen molar-refractivity contribution in [2.75, 3.05) is 26.2 Å². The minimum Gasteiger partial charge on any atom is -0.351 e. The normalized spacial score (nSPS) is 16.0. The van der Waals surface area contributed by atoms with Gasteiger partial charge in [-0.05, 0) is 67.7 Å². The summed E-state index contributed by atoms with van der Waals surface area (Å²) < 4.78 is 40.1. The maximum absolute atomic E-state index is 13.4. The first-order valence-corrected chi connectivity index (χ1v) is 12.6. The van der Waals surface area contributed by atoms with E-state index < -0.39 is 11.7 Å². The lowest BCUT2D eigenvalue weighted by Gasteiger charge is -2.42. The molecule has 0 atom stereocenters. The molecule has 0 saturated carbocycles. The molecule has 190 valence electrons. The van der Waals surface area contributed by atoms with Gasteiger partial charge in [0.1, 0.15) is 0 Å². The van der Waals surface area contributed by atoms with E-state index in [1.165, 1.54) is 6.07 Å². The minimum absolute atomic E-state index is 0.249. The highest BCUT2D eigenvalue weighted by atomic mass is 35.5. The molecule has 1 aliphatic heterocycles. The summed E-state index contributed by atoms with van der Waals surface area (Å²) in [6.45, 7) is 2.43. The van der Waals surface area contributed by atoms with Crippen molar-refractivity contribution < 1.29 is 18.0 Å². The second-order valence-electron chi connectivity index (χ2n) is 9.23. The van der Waals surface area contributed by atoms with Crippen molar-refractivity contribution in [1.82, 2.24) is 10.2 Å². The molecule has 0 aliphatic carbocycles. The van der Waals surface area contributed by atoms with Crippen molar-refractivity contribution in [3.05, 3.63) is 105 Å². The predicted octanol–water partition coefficient (Wildman–Crippen LogP) is 7.02. The molecule has 1 heterocycles. The van der Waals surface area contributed by atoms with Gasteiger partial charge in [-0.15, -0.1) is 0 Å². The lowest BCUT2D eigenvalue weighted by molar-refractivity contribution is -0.138. The van der Waals surface area contributed by atoms with E-state index in [1.807, 2.05) is 18.2 Å². The van der Waals surface area contributed by atoms with Crippen LogP contribution in [0.5, 0.6) is 0 Å². The summed E-state index contributed by atoms with van der Waals surface area (Å²) in [5, 5.41) is 3.85. The third-order valence-corrected chi connectivity index (χ3v) is 7.37. The highest BCUT2D eigenvalue weighted by Crippen LogP contribution is 2.36. The van der Waals surface area contributed by atoms with Gasteiger partial charge < -0.3 is 10.2 Å². The Morgan fingerprint density at radius 3 is 2.17 bits per heavy atom. The molecule has 1 saturated heterocycles. The van der Waals surface area contributed by atoms with Crippen LogP contribution in [0.4, 0.5) is 13.2 Å². The van der Waals surface area contributed by atoms with Gasteiger partial charge in [-0.1, -0.05) is 71.7 Å². The molecule has 0 aromatic heterocycles. The van der Waals surface area contributed by atoms with Gasteiger partial charge in [0.2, 0.25) is 0 Å². The Morgan fingerprint density at radius 2 is 1.53 bits per heavy atom. The molecule has 1 N–H and O–H groups in total. The Morgan fingerprint density at radius 1 is 0.917 bits per heavy atom. The van der Waals surface area contributed by atoms with Crippen molar-refractivity contribution in [2.24, 2.45) is 0 Å². The Labute approximate surface area is 219 Å². The third-order valence-electron chi connectivity index (χ3n) is 6.93. The largest absolute Gasteiger partial charge is 0.416 e. The fourth-order valence-corrected chi connectivity index (χ4v) is 5.42. The van der Waals surface area contributed by atoms with E-state index >= 15 is 0 Å². The zero-order valence-electron chi connectivity index (χ0n) is 19.6. The first-order chi connectivity index (χ1) is 17.2. The summed E-state index contributed by atoms with van der Waals surface area (Å²) in [4.78, 5) is 15.1. The van der Waals surface area contributed by atoms with Crippen LogP contribution in [0.15, 0.2) is 72.8 Å². The minimum atomic E-state index is -4.35. The van der Waals surface area contributed by atoms with Gasteiger partial charge in [0.25, 0.3) is 5.91 Å². The molecule has 36 heavy (non-hydrogen) atoms. The lowest BCUT2D eigenvalue weighted by Crippen LogP contribution is -2.49. The summed E-state index contributed by atoms with van der Waals surface area (Å²) >= 11 is 12.1. The molecule has 0 unspecified atom stereocenters. The molecule has 0 bridgehead atoms. The number of hydrogen-bond donors (Lipinski definition) is 1. The van der Waals surface area contributed by atoms with E-state index in [4.69, 9.17) is 23.2 Å². The Balaban J connectivity index is 1.43. The number of likely N-dealkylation sites (tertiary alicyclic amines) is 1. The number of amides is 1. The molecule has 1 fully saturated rings. The highest BCUT2D eigenvalue weighted by molar-refractivity contribution is 6.35. The van der Waals surface area contributed by atoms with Crippen LogP contribution in [0.1, 0.15) is 39.9 Å². The summed E-state index contributed by atoms with van der Waals surface area (Å²) in [5.74, 6) is -0.249. The van der Waals surface area contributed by atoms with Gasteiger partial charge in [-0.3, -0.25) is 4.79 Å². The van der Waals surface area contributed by atoms with Crippen molar-refractivity contribution in [3.8, 4) is 0 Å². The second-order valence-corrected chi connectivity index (χ2v) is 10.1. The van der Waals surface area contributed by atoms with Crippen molar-refractivity contribution >= 4 is 29.1 Å². The smallest absolute Gasteiger partial charge is 0.351 e. The molecule has 3 nitrogen and oxygen atoms in total. The SMILES string of the molecule is O=C(NCC1(c2ccccc2)CCN(CCc2ccccc2C(F)(F)F)CC1)c1cc(Cl)cc(Cl)c1. The molecular weight excluding hydrogens is 508 g/mol. The fraction of sp³-hybridized carbons (Fsp3) is 0.321. The summed E-state index contributed by atoms with van der Waals surface area (Å²) in [7, 11) is 0. The predicted molar refractivity (Wildman–Crippen MR) is 138 cm³/mol. The number of hydrogen-bond acceptors (Lipinski definition) is 2. The number of halogens is 5. The number of nitrogens with one attached hydrogen (secondary N) is 1. The number of carbonyl (C=O) groups is 1. The maximum atomic E-state index is 13.4. The van der Waals surface area contributed by atoms with Crippen LogP contribution < -0.4 is 5.32 Å². The number of alkyl halides is 3. The Kier molecular flexibility index (Phi) is 8.28. The molecule has 3 aromatic rings. The maximum Gasteiger partial charge on any atom is 0.416 e. The Hall–Kier alpha value is -2.54. The van der Waals surface area contributed by atoms with Gasteiger partial charge >= 0.3 is 6.18 Å². The Bertz CT molecular complexity index is 1170. The molecule has 3 aromatic carbocycles. The van der Waals surface area contributed by atoms with Crippen molar-refractivity contribution in [1.29, 1.82) is 0 Å². The lowest BCUT2D eigenvalue weighted by atomic mass is 9.72. The van der Waals surface area contributed by atoms with Gasteiger partial charge in [0.05, 0.1) is 5.56 Å². The van der Waals surface area contributed by atoms with Gasteiger partial charge in [-0.2, -0.15) is 13.2 Å². The highest BCUT2D eigenvalue weighted by Gasteiger charge is 2.37. The first-order valence-electron chi connectivity index (χ1n) is 11.8. The molecule has 1 aliphatic rings. The van der Waals surface area contributed by atoms with Crippen LogP contribution in [0.3, 0.4) is 0 Å². The number of nitrogens with zero attached hydrogens (tertiary/aromatic N) is 1. The number of benzene rings is 3. The second kappa shape index (κ2) is 11.2. The molecule has 4 rings (SSSR count). The average molecular weight is 535 g/mol. The van der Waals surface area contributed by atoms with E-state index in [0.717, 1.165) is 37.6 Å². The van der Waals surface area contributed by atoms with Crippen LogP contribution in [-0.4, -0.2) is 37.0 Å². The van der Waals surface area contributed by atoms with E-state index in [9.17, 15) is 18.0 Å². The van der Waals surface area contributed by atoms with Gasteiger partial charge in [0.15, 0.2) is 0 Å². The van der Waals surface area contributed by atoms with Crippen LogP contribution in [-0.2, 0) is 18.0 Å². The zero-order chi connectivity index (χ0) is 25.8. The molecular formula is C28H27Cl2F3N2O. The summed E-state index contributed by atoms with van der Waals surface area (Å²) in [5.41, 5.74) is 1.01. The third kappa shape index (κ3) is 6.41. The topological polar surface area (TPSA) is 32.3 Å². The fourth-order valence-electron chi connectivity index (χ4n) is 4.89. The first kappa shape index (κ1) is 26.5. The molecule has 8 heteroatoms. The number of piperidine rings is 1. The van der Waals surface area contributed by atoms with Crippen LogP contribution in [0.2, 0.25) is 10.0 Å². The summed E-state index contributed by atoms with van der Waals surface area (Å²) in [6.07, 6.45) is -2.48. The van der Waals surface area contributed by atoms with E-state index in [0.29, 0.717) is 40.7 Å². The number of carbonyl (C=O) groups excluding carboxylic acids is 1. The quantitative estimate of drug-likeness (QED) is 0.353. The average Bonchev–Trinajstić information content (AvgIpc) is 2.86. The molecule has 0 radical (unpaired) electrons. The van der Waals surface area contributed by atoms with E-state index in [1.54, 1.807) is 30.3 Å². The van der Waals surface area contributed by atoms with E-state index in [2.05, 4.69) is 22.3 Å². The van der Waals surface area contributed by atoms with E-state index in [-0.39, 0.29) is 11.3 Å². The van der Waals surface area contributed by atoms with Crippen molar-refractivity contribution in [3.63, 3.8) is 0 Å². The summed E-state index contributed by atoms with van der Waals surface area (Å²) in [6, 6.07) is 20.6. The van der Waals surface area contributed by atoms with Crippen LogP contribution >= 0.6 is 23.2 Å². The monoisotopic (exact) mass is 534 g/mol. The molecule has 0 spiro atoms. The van der Waals surface area contributed by atoms with Gasteiger partial charge in [0, 0.05) is 34.1 Å². The zero-order valence-corrected chi connectivity index (χ0v) is 21.1.